The summed E-state index contributed by atoms with van der Waals surface area (Å²) in [5, 5.41) is 0. The van der Waals surface area contributed by atoms with Gasteiger partial charge in [-0.1, -0.05) is 0 Å². The van der Waals surface area contributed by atoms with Crippen LogP contribution in [0.3, 0.4) is 0 Å². The predicted molar refractivity (Wildman–Crippen MR) is 61.4 cm³/mol. The van der Waals surface area contributed by atoms with E-state index in [0.717, 1.165) is 0 Å². The molecule has 0 unspecified atom stereocenters. The predicted octanol–water partition coefficient (Wildman–Crippen LogP) is 1.10. The van der Waals surface area contributed by atoms with E-state index in [2.05, 4.69) is 0 Å². The molecule has 0 fully saturated rings. The van der Waals surface area contributed by atoms with E-state index in [4.69, 9.17) is 18.8 Å². The van der Waals surface area contributed by atoms with E-state index in [1.54, 1.807) is 0 Å². The fourth-order valence-electron chi connectivity index (χ4n) is 1.43. The molecule has 0 aliphatic carbocycles. The van der Waals surface area contributed by atoms with Crippen molar-refractivity contribution >= 4 is 10.1 Å². The second-order valence-electron chi connectivity index (χ2n) is 3.26. The fourth-order valence-corrected chi connectivity index (χ4v) is 2.02. The molecule has 96 valence electrons. The Morgan fingerprint density at radius 3 is 1.82 bits per heavy atom. The van der Waals surface area contributed by atoms with Crippen LogP contribution in [0.25, 0.3) is 0 Å². The van der Waals surface area contributed by atoms with Crippen molar-refractivity contribution in [1.82, 2.24) is 0 Å². The number of hydrogen-bond acceptors (Lipinski definition) is 5. The van der Waals surface area contributed by atoms with Crippen LogP contribution in [0.4, 0.5) is 0 Å². The van der Waals surface area contributed by atoms with Crippen LogP contribution in [0, 0.1) is 0 Å². The van der Waals surface area contributed by atoms with Crippen molar-refractivity contribution in [3.63, 3.8) is 0 Å². The standard InChI is InChI=1S/C10H14O6S/c1-14-8-4-7(6-17(11,12)13)5-9(15-2)10(8)16-3/h4-5H,6H2,1-3H3,(H,11,12,13). The van der Waals surface area contributed by atoms with Gasteiger partial charge in [0.15, 0.2) is 11.5 Å². The highest BCUT2D eigenvalue weighted by Gasteiger charge is 2.16. The molecule has 0 saturated heterocycles. The number of hydrogen-bond donors (Lipinski definition) is 1. The minimum absolute atomic E-state index is 0.338. The lowest BCUT2D eigenvalue weighted by Gasteiger charge is -2.13. The van der Waals surface area contributed by atoms with Crippen molar-refractivity contribution in [1.29, 1.82) is 0 Å². The molecule has 0 aliphatic rings. The molecule has 17 heavy (non-hydrogen) atoms. The van der Waals surface area contributed by atoms with E-state index < -0.39 is 15.9 Å². The summed E-state index contributed by atoms with van der Waals surface area (Å²) in [5.74, 6) is 0.536. The Balaban J connectivity index is 3.27. The van der Waals surface area contributed by atoms with Gasteiger partial charge in [0, 0.05) is 0 Å². The lowest BCUT2D eigenvalue weighted by molar-refractivity contribution is 0.324. The van der Waals surface area contributed by atoms with E-state index in [-0.39, 0.29) is 0 Å². The van der Waals surface area contributed by atoms with Gasteiger partial charge in [-0.3, -0.25) is 4.55 Å². The molecule has 0 heterocycles. The number of methoxy groups -OCH3 is 3. The highest BCUT2D eigenvalue weighted by Crippen LogP contribution is 2.38. The molecule has 0 amide bonds. The van der Waals surface area contributed by atoms with Crippen molar-refractivity contribution < 1.29 is 27.2 Å². The van der Waals surface area contributed by atoms with E-state index in [0.29, 0.717) is 22.8 Å². The zero-order valence-corrected chi connectivity index (χ0v) is 10.6. The summed E-state index contributed by atoms with van der Waals surface area (Å²) in [7, 11) is 0.199. The van der Waals surface area contributed by atoms with Crippen molar-refractivity contribution in [3.05, 3.63) is 17.7 Å². The summed E-state index contributed by atoms with van der Waals surface area (Å²) in [4.78, 5) is 0. The minimum atomic E-state index is -4.10. The third-order valence-electron chi connectivity index (χ3n) is 2.07. The average molecular weight is 262 g/mol. The number of rotatable bonds is 5. The molecule has 0 radical (unpaired) electrons. The van der Waals surface area contributed by atoms with Gasteiger partial charge in [0.25, 0.3) is 10.1 Å². The number of ether oxygens (including phenoxy) is 3. The highest BCUT2D eigenvalue weighted by atomic mass is 32.2. The molecule has 0 spiro atoms. The molecule has 0 bridgehead atoms. The van der Waals surface area contributed by atoms with Gasteiger partial charge in [-0.05, 0) is 17.7 Å². The van der Waals surface area contributed by atoms with Gasteiger partial charge in [0.05, 0.1) is 21.3 Å². The van der Waals surface area contributed by atoms with Gasteiger partial charge in [-0.15, -0.1) is 0 Å². The van der Waals surface area contributed by atoms with Crippen molar-refractivity contribution in [2.45, 2.75) is 5.75 Å². The Bertz CT molecular complexity index is 469. The second-order valence-corrected chi connectivity index (χ2v) is 4.71. The van der Waals surface area contributed by atoms with Crippen molar-refractivity contribution in [2.24, 2.45) is 0 Å². The third kappa shape index (κ3) is 3.50. The molecule has 7 heteroatoms. The van der Waals surface area contributed by atoms with E-state index in [1.807, 2.05) is 0 Å². The van der Waals surface area contributed by atoms with Crippen LogP contribution in [0.2, 0.25) is 0 Å². The Morgan fingerprint density at radius 1 is 1.06 bits per heavy atom. The first-order valence-corrected chi connectivity index (χ1v) is 6.26. The Morgan fingerprint density at radius 2 is 1.53 bits per heavy atom. The normalized spacial score (nSPS) is 11.1. The van der Waals surface area contributed by atoms with E-state index in [9.17, 15) is 8.42 Å². The Kier molecular flexibility index (Phi) is 4.19. The molecular formula is C10H14O6S. The summed E-state index contributed by atoms with van der Waals surface area (Å²) in [5.41, 5.74) is 0.349. The van der Waals surface area contributed by atoms with Crippen LogP contribution in [0.1, 0.15) is 5.56 Å². The maximum absolute atomic E-state index is 10.8. The second kappa shape index (κ2) is 5.24. The van der Waals surface area contributed by atoms with Crippen LogP contribution < -0.4 is 14.2 Å². The molecular weight excluding hydrogens is 248 g/mol. The maximum atomic E-state index is 10.8. The molecule has 0 aliphatic heterocycles. The topological polar surface area (TPSA) is 82.1 Å². The molecule has 1 rings (SSSR count). The van der Waals surface area contributed by atoms with Gasteiger partial charge in [0.2, 0.25) is 5.75 Å². The first-order valence-electron chi connectivity index (χ1n) is 4.65. The zero-order chi connectivity index (χ0) is 13.1. The van der Waals surface area contributed by atoms with E-state index >= 15 is 0 Å². The SMILES string of the molecule is COc1cc(CS(=O)(=O)O)cc(OC)c1OC. The lowest BCUT2D eigenvalue weighted by Crippen LogP contribution is -2.03. The maximum Gasteiger partial charge on any atom is 0.269 e. The molecule has 1 aromatic carbocycles. The minimum Gasteiger partial charge on any atom is -0.493 e. The summed E-state index contributed by atoms with van der Waals surface area (Å²) in [6, 6.07) is 2.93. The van der Waals surface area contributed by atoms with Gasteiger partial charge in [-0.2, -0.15) is 8.42 Å². The van der Waals surface area contributed by atoms with Gasteiger partial charge >= 0.3 is 0 Å². The molecule has 0 atom stereocenters. The smallest absolute Gasteiger partial charge is 0.269 e. The van der Waals surface area contributed by atoms with Gasteiger partial charge in [0.1, 0.15) is 5.75 Å². The molecule has 1 aromatic rings. The monoisotopic (exact) mass is 262 g/mol. The molecule has 0 aromatic heterocycles. The van der Waals surface area contributed by atoms with Crippen LogP contribution in [0.5, 0.6) is 17.2 Å². The van der Waals surface area contributed by atoms with Crippen LogP contribution in [-0.2, 0) is 15.9 Å². The number of benzene rings is 1. The summed E-state index contributed by atoms with van der Waals surface area (Å²) in [6.07, 6.45) is 0. The lowest BCUT2D eigenvalue weighted by atomic mass is 10.2. The Hall–Kier alpha value is -1.47. The molecule has 0 saturated carbocycles. The van der Waals surface area contributed by atoms with Crippen molar-refractivity contribution in [2.75, 3.05) is 21.3 Å². The van der Waals surface area contributed by atoms with Crippen LogP contribution >= 0.6 is 0 Å². The van der Waals surface area contributed by atoms with Crippen molar-refractivity contribution in [3.8, 4) is 17.2 Å². The summed E-state index contributed by atoms with van der Waals surface area (Å²) >= 11 is 0. The van der Waals surface area contributed by atoms with Gasteiger partial charge < -0.3 is 14.2 Å². The van der Waals surface area contributed by atoms with E-state index in [1.165, 1.54) is 33.5 Å². The highest BCUT2D eigenvalue weighted by molar-refractivity contribution is 7.85. The Labute approximate surface area is 99.9 Å². The fraction of sp³-hybridized carbons (Fsp3) is 0.400. The third-order valence-corrected chi connectivity index (χ3v) is 2.77. The largest absolute Gasteiger partial charge is 0.493 e. The summed E-state index contributed by atoms with van der Waals surface area (Å²) in [6.45, 7) is 0. The molecule has 6 nitrogen and oxygen atoms in total. The zero-order valence-electron chi connectivity index (χ0n) is 9.76. The first-order chi connectivity index (χ1) is 7.91. The molecule has 1 N–H and O–H groups in total. The quantitative estimate of drug-likeness (QED) is 0.800. The first kappa shape index (κ1) is 13.6. The summed E-state index contributed by atoms with van der Waals surface area (Å²) < 4.78 is 45.6. The van der Waals surface area contributed by atoms with Gasteiger partial charge in [-0.25, -0.2) is 0 Å². The van der Waals surface area contributed by atoms with Crippen LogP contribution in [0.15, 0.2) is 12.1 Å². The van der Waals surface area contributed by atoms with Crippen LogP contribution in [-0.4, -0.2) is 34.3 Å². The average Bonchev–Trinajstić information content (AvgIpc) is 2.25.